The Morgan fingerprint density at radius 2 is 1.61 bits per heavy atom. The molecule has 1 aromatic heterocycles. The molecule has 0 atom stereocenters. The minimum atomic E-state index is -0.420. The number of anilines is 2. The molecule has 1 heterocycles. The highest BCUT2D eigenvalue weighted by Crippen LogP contribution is 2.31. The van der Waals surface area contributed by atoms with Crippen LogP contribution in [0.4, 0.5) is 11.4 Å². The summed E-state index contributed by atoms with van der Waals surface area (Å²) in [6, 6.07) is 14.8. The van der Waals surface area contributed by atoms with E-state index < -0.39 is 11.5 Å². The molecule has 0 saturated carbocycles. The highest BCUT2D eigenvalue weighted by Gasteiger charge is 2.13. The van der Waals surface area contributed by atoms with Gasteiger partial charge < -0.3 is 20.1 Å². The highest BCUT2D eigenvalue weighted by atomic mass is 16.5. The number of nitrogens with one attached hydrogen (secondary N) is 2. The summed E-state index contributed by atoms with van der Waals surface area (Å²) in [7, 11) is 3.08. The quantitative estimate of drug-likeness (QED) is 0.605. The van der Waals surface area contributed by atoms with Crippen molar-refractivity contribution in [2.24, 2.45) is 0 Å². The van der Waals surface area contributed by atoms with E-state index in [9.17, 15) is 14.4 Å². The number of nitrogens with zero attached hydrogens (tertiary/aromatic N) is 2. The van der Waals surface area contributed by atoms with E-state index in [0.29, 0.717) is 34.1 Å². The Morgan fingerprint density at radius 1 is 0.935 bits per heavy atom. The Balaban J connectivity index is 1.79. The maximum Gasteiger partial charge on any atom is 0.267 e. The van der Waals surface area contributed by atoms with Crippen molar-refractivity contribution in [3.05, 3.63) is 65.0 Å². The standard InChI is InChI=1S/C22H22N4O5/c1-14(27)23-15-4-6-16(7-5-15)24-21(28)13-26-22(29)11-9-19(25-26)18-12-17(30-2)8-10-20(18)31-3/h4-12H,13H2,1-3H3,(H,23,27)(H,24,28). The third-order valence-corrected chi connectivity index (χ3v) is 4.33. The van der Waals surface area contributed by atoms with E-state index in [1.807, 2.05) is 0 Å². The smallest absolute Gasteiger partial charge is 0.267 e. The maximum atomic E-state index is 12.4. The lowest BCUT2D eigenvalue weighted by Gasteiger charge is -2.12. The zero-order valence-electron chi connectivity index (χ0n) is 17.3. The van der Waals surface area contributed by atoms with Crippen LogP contribution in [0.25, 0.3) is 11.3 Å². The summed E-state index contributed by atoms with van der Waals surface area (Å²) in [5.74, 6) is 0.560. The second-order valence-electron chi connectivity index (χ2n) is 6.59. The Hall–Kier alpha value is -4.14. The second-order valence-corrected chi connectivity index (χ2v) is 6.59. The number of benzene rings is 2. The van der Waals surface area contributed by atoms with E-state index in [4.69, 9.17) is 9.47 Å². The largest absolute Gasteiger partial charge is 0.497 e. The Morgan fingerprint density at radius 3 is 2.23 bits per heavy atom. The maximum absolute atomic E-state index is 12.4. The molecule has 2 aromatic carbocycles. The SMILES string of the molecule is COc1ccc(OC)c(-c2ccc(=O)n(CC(=O)Nc3ccc(NC(C)=O)cc3)n2)c1. The third kappa shape index (κ3) is 5.47. The van der Waals surface area contributed by atoms with Gasteiger partial charge in [-0.25, -0.2) is 4.68 Å². The van der Waals surface area contributed by atoms with Crippen molar-refractivity contribution in [3.63, 3.8) is 0 Å². The summed E-state index contributed by atoms with van der Waals surface area (Å²) < 4.78 is 11.7. The molecule has 2 N–H and O–H groups in total. The molecule has 0 bridgehead atoms. The molecular formula is C22H22N4O5. The lowest BCUT2D eigenvalue weighted by molar-refractivity contribution is -0.117. The van der Waals surface area contributed by atoms with Crippen molar-refractivity contribution in [2.75, 3.05) is 24.9 Å². The molecule has 9 heteroatoms. The van der Waals surface area contributed by atoms with Gasteiger partial charge >= 0.3 is 0 Å². The predicted molar refractivity (Wildman–Crippen MR) is 116 cm³/mol. The van der Waals surface area contributed by atoms with E-state index in [1.54, 1.807) is 55.6 Å². The molecule has 0 aliphatic heterocycles. The molecule has 0 aliphatic rings. The highest BCUT2D eigenvalue weighted by molar-refractivity contribution is 5.92. The van der Waals surface area contributed by atoms with Crippen molar-refractivity contribution >= 4 is 23.2 Å². The minimum absolute atomic E-state index is 0.185. The molecule has 9 nitrogen and oxygen atoms in total. The van der Waals surface area contributed by atoms with Crippen molar-refractivity contribution < 1.29 is 19.1 Å². The van der Waals surface area contributed by atoms with Crippen molar-refractivity contribution in [3.8, 4) is 22.8 Å². The normalized spacial score (nSPS) is 10.3. The first-order chi connectivity index (χ1) is 14.9. The second kappa shape index (κ2) is 9.57. The molecule has 3 rings (SSSR count). The molecule has 0 unspecified atom stereocenters. The van der Waals surface area contributed by atoms with Crippen molar-refractivity contribution in [1.29, 1.82) is 0 Å². The van der Waals surface area contributed by atoms with Crippen LogP contribution in [0.15, 0.2) is 59.4 Å². The first-order valence-electron chi connectivity index (χ1n) is 9.37. The molecule has 0 saturated heterocycles. The minimum Gasteiger partial charge on any atom is -0.497 e. The zero-order valence-corrected chi connectivity index (χ0v) is 17.3. The fraction of sp³-hybridized carbons (Fsp3) is 0.182. The lowest BCUT2D eigenvalue weighted by atomic mass is 10.1. The average molecular weight is 422 g/mol. The fourth-order valence-corrected chi connectivity index (χ4v) is 2.90. The molecule has 2 amide bonds. The third-order valence-electron chi connectivity index (χ3n) is 4.33. The van der Waals surface area contributed by atoms with Crippen LogP contribution in [0.1, 0.15) is 6.92 Å². The predicted octanol–water partition coefficient (Wildman–Crippen LogP) is 2.52. The van der Waals surface area contributed by atoms with Gasteiger partial charge in [0.15, 0.2) is 0 Å². The number of rotatable bonds is 7. The fourth-order valence-electron chi connectivity index (χ4n) is 2.90. The van der Waals surface area contributed by atoms with Crippen LogP contribution in [-0.4, -0.2) is 35.8 Å². The number of aromatic nitrogens is 2. The Kier molecular flexibility index (Phi) is 6.66. The van der Waals surface area contributed by atoms with Gasteiger partial charge in [0.1, 0.15) is 18.0 Å². The van der Waals surface area contributed by atoms with E-state index >= 15 is 0 Å². The number of carbonyl (C=O) groups is 2. The summed E-state index contributed by atoms with van der Waals surface area (Å²) in [5.41, 5.74) is 1.82. The van der Waals surface area contributed by atoms with E-state index in [0.717, 1.165) is 4.68 Å². The van der Waals surface area contributed by atoms with Gasteiger partial charge in [0, 0.05) is 29.9 Å². The van der Waals surface area contributed by atoms with Crippen LogP contribution >= 0.6 is 0 Å². The lowest BCUT2D eigenvalue weighted by Crippen LogP contribution is -2.29. The van der Waals surface area contributed by atoms with E-state index in [2.05, 4.69) is 15.7 Å². The van der Waals surface area contributed by atoms with Gasteiger partial charge in [-0.1, -0.05) is 0 Å². The number of hydrogen-bond acceptors (Lipinski definition) is 6. The monoisotopic (exact) mass is 422 g/mol. The average Bonchev–Trinajstić information content (AvgIpc) is 2.75. The number of ether oxygens (including phenoxy) is 2. The van der Waals surface area contributed by atoms with Crippen LogP contribution in [0.3, 0.4) is 0 Å². The number of amides is 2. The van der Waals surface area contributed by atoms with Gasteiger partial charge in [0.25, 0.3) is 5.56 Å². The summed E-state index contributed by atoms with van der Waals surface area (Å²) in [5, 5.41) is 9.66. The van der Waals surface area contributed by atoms with Crippen LogP contribution in [-0.2, 0) is 16.1 Å². The van der Waals surface area contributed by atoms with Crippen molar-refractivity contribution in [1.82, 2.24) is 9.78 Å². The van der Waals surface area contributed by atoms with E-state index in [1.165, 1.54) is 20.1 Å². The summed E-state index contributed by atoms with van der Waals surface area (Å²) in [6.07, 6.45) is 0. The molecule has 0 aliphatic carbocycles. The Labute approximate surface area is 178 Å². The van der Waals surface area contributed by atoms with Gasteiger partial charge in [-0.2, -0.15) is 5.10 Å². The van der Waals surface area contributed by atoms with Crippen LogP contribution in [0.5, 0.6) is 11.5 Å². The van der Waals surface area contributed by atoms with Gasteiger partial charge in [0.05, 0.1) is 19.9 Å². The number of hydrogen-bond donors (Lipinski definition) is 2. The molecule has 31 heavy (non-hydrogen) atoms. The molecule has 0 spiro atoms. The van der Waals surface area contributed by atoms with E-state index in [-0.39, 0.29) is 12.5 Å². The van der Waals surface area contributed by atoms with Crippen molar-refractivity contribution in [2.45, 2.75) is 13.5 Å². The molecular weight excluding hydrogens is 400 g/mol. The topological polar surface area (TPSA) is 112 Å². The molecule has 160 valence electrons. The summed E-state index contributed by atoms with van der Waals surface area (Å²) >= 11 is 0. The van der Waals surface area contributed by atoms with Gasteiger partial charge in [0.2, 0.25) is 11.8 Å². The molecule has 0 radical (unpaired) electrons. The first-order valence-corrected chi connectivity index (χ1v) is 9.37. The Bertz CT molecular complexity index is 1160. The van der Waals surface area contributed by atoms with Gasteiger partial charge in [-0.3, -0.25) is 14.4 Å². The summed E-state index contributed by atoms with van der Waals surface area (Å²) in [6.45, 7) is 1.14. The van der Waals surface area contributed by atoms with Crippen LogP contribution in [0, 0.1) is 0 Å². The van der Waals surface area contributed by atoms with Gasteiger partial charge in [-0.15, -0.1) is 0 Å². The number of methoxy groups -OCH3 is 2. The number of carbonyl (C=O) groups excluding carboxylic acids is 2. The first kappa shape index (κ1) is 21.6. The van der Waals surface area contributed by atoms with Crippen LogP contribution < -0.4 is 25.7 Å². The van der Waals surface area contributed by atoms with Crippen LogP contribution in [0.2, 0.25) is 0 Å². The summed E-state index contributed by atoms with van der Waals surface area (Å²) in [4.78, 5) is 35.8. The molecule has 0 fully saturated rings. The molecule has 3 aromatic rings. The van der Waals surface area contributed by atoms with Gasteiger partial charge in [-0.05, 0) is 48.5 Å². The zero-order chi connectivity index (χ0) is 22.4.